The molecule has 0 bridgehead atoms. The molecule has 2 aromatic carbocycles. The third kappa shape index (κ3) is 4.59. The molecule has 5 heteroatoms. The highest BCUT2D eigenvalue weighted by Crippen LogP contribution is 2.25. The monoisotopic (exact) mass is 341 g/mol. The van der Waals surface area contributed by atoms with Crippen LogP contribution >= 0.6 is 0 Å². The van der Waals surface area contributed by atoms with Crippen molar-refractivity contribution in [2.45, 2.75) is 39.2 Å². The molecule has 2 aromatic rings. The van der Waals surface area contributed by atoms with Crippen molar-refractivity contribution in [2.75, 3.05) is 5.32 Å². The van der Waals surface area contributed by atoms with Gasteiger partial charge in [0.15, 0.2) is 6.10 Å². The second-order valence-corrected chi connectivity index (χ2v) is 6.57. The zero-order chi connectivity index (χ0) is 18.6. The van der Waals surface area contributed by atoms with Gasteiger partial charge in [-0.15, -0.1) is 0 Å². The van der Waals surface area contributed by atoms with Crippen LogP contribution in [0, 0.1) is 6.92 Å². The molecule has 0 fully saturated rings. The normalized spacial score (nSPS) is 12.3. The maximum Gasteiger partial charge on any atom is 0.313 e. The van der Waals surface area contributed by atoms with Crippen LogP contribution in [-0.4, -0.2) is 23.1 Å². The molecular formula is C20H23NO4. The number of ether oxygens (including phenoxy) is 1. The Balaban J connectivity index is 2.00. The minimum absolute atomic E-state index is 0.272. The molecule has 2 rings (SSSR count). The standard InChI is InChI=1S/C20H23NO4/c1-13-5-11-17(12-6-13)25-14(2)18(22)21-16-9-7-15(8-10-16)20(3,4)19(23)24/h5-12,14H,1-4H3,(H,21,22)(H,23,24). The third-order valence-electron chi connectivity index (χ3n) is 4.11. The Morgan fingerprint density at radius 3 is 2.12 bits per heavy atom. The number of carboxylic acid groups (broad SMARTS) is 1. The summed E-state index contributed by atoms with van der Waals surface area (Å²) in [6.07, 6.45) is -0.655. The molecule has 2 N–H and O–H groups in total. The van der Waals surface area contributed by atoms with Gasteiger partial charge in [0.2, 0.25) is 0 Å². The van der Waals surface area contributed by atoms with Gasteiger partial charge < -0.3 is 15.2 Å². The second kappa shape index (κ2) is 7.38. The van der Waals surface area contributed by atoms with Gasteiger partial charge in [-0.05, 0) is 57.5 Å². The zero-order valence-electron chi connectivity index (χ0n) is 14.9. The molecule has 0 spiro atoms. The van der Waals surface area contributed by atoms with E-state index < -0.39 is 17.5 Å². The second-order valence-electron chi connectivity index (χ2n) is 6.57. The number of aliphatic carboxylic acids is 1. The predicted octanol–water partition coefficient (Wildman–Crippen LogP) is 3.76. The van der Waals surface area contributed by atoms with Gasteiger partial charge >= 0.3 is 5.97 Å². The lowest BCUT2D eigenvalue weighted by Gasteiger charge is -2.20. The number of carbonyl (C=O) groups excluding carboxylic acids is 1. The summed E-state index contributed by atoms with van der Waals surface area (Å²) in [4.78, 5) is 23.5. The SMILES string of the molecule is Cc1ccc(OC(C)C(=O)Nc2ccc(C(C)(C)C(=O)O)cc2)cc1. The van der Waals surface area contributed by atoms with E-state index in [0.29, 0.717) is 17.0 Å². The summed E-state index contributed by atoms with van der Waals surface area (Å²) in [5, 5.41) is 12.0. The first-order valence-corrected chi connectivity index (χ1v) is 8.08. The molecule has 0 heterocycles. The Kier molecular flexibility index (Phi) is 5.47. The van der Waals surface area contributed by atoms with Crippen molar-refractivity contribution in [1.82, 2.24) is 0 Å². The number of nitrogens with one attached hydrogen (secondary N) is 1. The molecule has 0 radical (unpaired) electrons. The molecule has 0 aliphatic heterocycles. The number of carbonyl (C=O) groups is 2. The lowest BCUT2D eigenvalue weighted by molar-refractivity contribution is -0.142. The highest BCUT2D eigenvalue weighted by Gasteiger charge is 2.29. The highest BCUT2D eigenvalue weighted by atomic mass is 16.5. The molecule has 1 unspecified atom stereocenters. The number of anilines is 1. The van der Waals surface area contributed by atoms with E-state index in [2.05, 4.69) is 5.32 Å². The van der Waals surface area contributed by atoms with Crippen LogP contribution in [0.5, 0.6) is 5.75 Å². The first-order chi connectivity index (χ1) is 11.7. The Bertz CT molecular complexity index is 748. The van der Waals surface area contributed by atoms with Crippen molar-refractivity contribution < 1.29 is 19.4 Å². The Morgan fingerprint density at radius 2 is 1.60 bits per heavy atom. The van der Waals surface area contributed by atoms with E-state index >= 15 is 0 Å². The number of benzene rings is 2. The number of hydrogen-bond donors (Lipinski definition) is 2. The predicted molar refractivity (Wildman–Crippen MR) is 97.0 cm³/mol. The van der Waals surface area contributed by atoms with E-state index in [9.17, 15) is 14.7 Å². The van der Waals surface area contributed by atoms with Gasteiger partial charge in [-0.3, -0.25) is 9.59 Å². The molecule has 1 atom stereocenters. The quantitative estimate of drug-likeness (QED) is 0.839. The van der Waals surface area contributed by atoms with Gasteiger partial charge in [-0.25, -0.2) is 0 Å². The lowest BCUT2D eigenvalue weighted by Crippen LogP contribution is -2.30. The average molecular weight is 341 g/mol. The van der Waals surface area contributed by atoms with E-state index in [1.54, 1.807) is 45.0 Å². The first-order valence-electron chi connectivity index (χ1n) is 8.08. The van der Waals surface area contributed by atoms with Crippen molar-refractivity contribution in [2.24, 2.45) is 0 Å². The zero-order valence-corrected chi connectivity index (χ0v) is 14.9. The van der Waals surface area contributed by atoms with E-state index in [-0.39, 0.29) is 5.91 Å². The van der Waals surface area contributed by atoms with Crippen LogP contribution in [-0.2, 0) is 15.0 Å². The van der Waals surface area contributed by atoms with Crippen LogP contribution in [0.3, 0.4) is 0 Å². The minimum atomic E-state index is -0.982. The van der Waals surface area contributed by atoms with Gasteiger partial charge in [-0.1, -0.05) is 29.8 Å². The topological polar surface area (TPSA) is 75.6 Å². The van der Waals surface area contributed by atoms with Gasteiger partial charge in [0.1, 0.15) is 5.75 Å². The fraction of sp³-hybridized carbons (Fsp3) is 0.300. The highest BCUT2D eigenvalue weighted by molar-refractivity contribution is 5.94. The van der Waals surface area contributed by atoms with Gasteiger partial charge in [0, 0.05) is 5.69 Å². The molecule has 132 valence electrons. The summed E-state index contributed by atoms with van der Waals surface area (Å²) in [7, 11) is 0. The molecule has 25 heavy (non-hydrogen) atoms. The number of carboxylic acids is 1. The summed E-state index contributed by atoms with van der Waals surface area (Å²) in [6, 6.07) is 14.3. The minimum Gasteiger partial charge on any atom is -0.481 e. The summed E-state index contributed by atoms with van der Waals surface area (Å²) < 4.78 is 5.62. The van der Waals surface area contributed by atoms with Crippen molar-refractivity contribution in [3.8, 4) is 5.75 Å². The smallest absolute Gasteiger partial charge is 0.313 e. The number of amides is 1. The van der Waals surface area contributed by atoms with Crippen LogP contribution < -0.4 is 10.1 Å². The summed E-state index contributed by atoms with van der Waals surface area (Å²) in [5.41, 5.74) is 1.40. The first kappa shape index (κ1) is 18.5. The maximum atomic E-state index is 12.2. The molecule has 0 aliphatic carbocycles. The molecule has 5 nitrogen and oxygen atoms in total. The molecule has 0 saturated carbocycles. The van der Waals surface area contributed by atoms with Gasteiger partial charge in [-0.2, -0.15) is 0 Å². The summed E-state index contributed by atoms with van der Waals surface area (Å²) in [5.74, 6) is -0.540. The van der Waals surface area contributed by atoms with Crippen molar-refractivity contribution in [1.29, 1.82) is 0 Å². The van der Waals surface area contributed by atoms with E-state index in [4.69, 9.17) is 4.74 Å². The van der Waals surface area contributed by atoms with E-state index in [1.165, 1.54) is 0 Å². The Labute approximate surface area is 147 Å². The molecular weight excluding hydrogens is 318 g/mol. The molecule has 0 aliphatic rings. The van der Waals surface area contributed by atoms with Crippen LogP contribution in [0.25, 0.3) is 0 Å². The molecule has 0 aromatic heterocycles. The fourth-order valence-corrected chi connectivity index (χ4v) is 2.21. The summed E-state index contributed by atoms with van der Waals surface area (Å²) in [6.45, 7) is 6.94. The summed E-state index contributed by atoms with van der Waals surface area (Å²) >= 11 is 0. The third-order valence-corrected chi connectivity index (χ3v) is 4.11. The maximum absolute atomic E-state index is 12.2. The van der Waals surface area contributed by atoms with Crippen molar-refractivity contribution >= 4 is 17.6 Å². The molecule has 1 amide bonds. The number of aryl methyl sites for hydroxylation is 1. The Morgan fingerprint density at radius 1 is 1.04 bits per heavy atom. The van der Waals surface area contributed by atoms with Crippen LogP contribution in [0.1, 0.15) is 31.9 Å². The van der Waals surface area contributed by atoms with Gasteiger partial charge in [0.05, 0.1) is 5.41 Å². The van der Waals surface area contributed by atoms with E-state index in [1.807, 2.05) is 31.2 Å². The van der Waals surface area contributed by atoms with Crippen molar-refractivity contribution in [3.05, 3.63) is 59.7 Å². The van der Waals surface area contributed by atoms with Crippen LogP contribution in [0.2, 0.25) is 0 Å². The number of rotatable bonds is 6. The lowest BCUT2D eigenvalue weighted by atomic mass is 9.85. The number of hydrogen-bond acceptors (Lipinski definition) is 3. The van der Waals surface area contributed by atoms with Crippen LogP contribution in [0.4, 0.5) is 5.69 Å². The largest absolute Gasteiger partial charge is 0.481 e. The van der Waals surface area contributed by atoms with Crippen molar-refractivity contribution in [3.63, 3.8) is 0 Å². The van der Waals surface area contributed by atoms with Gasteiger partial charge in [0.25, 0.3) is 5.91 Å². The fourth-order valence-electron chi connectivity index (χ4n) is 2.21. The average Bonchev–Trinajstić information content (AvgIpc) is 2.57. The van der Waals surface area contributed by atoms with Crippen LogP contribution in [0.15, 0.2) is 48.5 Å². The Hall–Kier alpha value is -2.82. The molecule has 0 saturated heterocycles. The van der Waals surface area contributed by atoms with E-state index in [0.717, 1.165) is 5.56 Å².